The van der Waals surface area contributed by atoms with Crippen molar-refractivity contribution in [1.29, 1.82) is 0 Å². The third-order valence-corrected chi connectivity index (χ3v) is 6.51. The predicted molar refractivity (Wildman–Crippen MR) is 121 cm³/mol. The van der Waals surface area contributed by atoms with Gasteiger partial charge in [-0.3, -0.25) is 9.52 Å². The monoisotopic (exact) mass is 512 g/mol. The van der Waals surface area contributed by atoms with Gasteiger partial charge in [0.05, 0.1) is 22.6 Å². The number of aliphatic hydroxyl groups is 1. The minimum atomic E-state index is -3.74. The molecule has 0 aliphatic rings. The molecule has 3 N–H and O–H groups in total. The van der Waals surface area contributed by atoms with Crippen molar-refractivity contribution < 1.29 is 27.1 Å². The maximum atomic E-state index is 13.3. The normalized spacial score (nSPS) is 12.2. The number of sulfonamides is 1. The zero-order valence-electron chi connectivity index (χ0n) is 17.1. The van der Waals surface area contributed by atoms with Crippen LogP contribution in [0.4, 0.5) is 10.1 Å². The van der Waals surface area contributed by atoms with E-state index in [1.165, 1.54) is 51.2 Å². The summed E-state index contributed by atoms with van der Waals surface area (Å²) < 4.78 is 47.0. The summed E-state index contributed by atoms with van der Waals surface area (Å²) in [5.41, 5.74) is 0.136. The van der Waals surface area contributed by atoms with Crippen molar-refractivity contribution in [2.24, 2.45) is 0 Å². The highest BCUT2D eigenvalue weighted by atomic mass is 79.9. The Morgan fingerprint density at radius 1 is 1.23 bits per heavy atom. The molecule has 0 atom stereocenters. The molecule has 166 valence electrons. The first-order chi connectivity index (χ1) is 14.4. The molecule has 0 radical (unpaired) electrons. The molecule has 0 bridgehead atoms. The first-order valence-corrected chi connectivity index (χ1v) is 11.8. The Balaban J connectivity index is 2.07. The van der Waals surface area contributed by atoms with Crippen LogP contribution in [0.15, 0.2) is 45.3 Å². The van der Waals surface area contributed by atoms with Crippen molar-refractivity contribution in [1.82, 2.24) is 5.32 Å². The number of fused-ring (bicyclic) bond motifs is 1. The lowest BCUT2D eigenvalue weighted by Gasteiger charge is -2.17. The molecular formula is C21H22BrFN2O5S. The van der Waals surface area contributed by atoms with E-state index < -0.39 is 27.3 Å². The van der Waals surface area contributed by atoms with Crippen LogP contribution in [0.5, 0.6) is 0 Å². The number of carbonyl (C=O) groups excluding carboxylic acids is 1. The lowest BCUT2D eigenvalue weighted by atomic mass is 10.0. The summed E-state index contributed by atoms with van der Waals surface area (Å²) in [6.45, 7) is 3.06. The summed E-state index contributed by atoms with van der Waals surface area (Å²) >= 11 is 3.34. The van der Waals surface area contributed by atoms with Crippen LogP contribution >= 0.6 is 15.9 Å². The van der Waals surface area contributed by atoms with Gasteiger partial charge in [-0.2, -0.15) is 0 Å². The fourth-order valence-electron chi connectivity index (χ4n) is 2.95. The fraction of sp³-hybridized carbons (Fsp3) is 0.286. The molecular weight excluding hydrogens is 491 g/mol. The van der Waals surface area contributed by atoms with Gasteiger partial charge in [0.1, 0.15) is 17.2 Å². The molecule has 31 heavy (non-hydrogen) atoms. The third-order valence-electron chi connectivity index (χ3n) is 4.59. The van der Waals surface area contributed by atoms with E-state index in [2.05, 4.69) is 26.0 Å². The van der Waals surface area contributed by atoms with Crippen molar-refractivity contribution in [3.05, 3.63) is 52.3 Å². The summed E-state index contributed by atoms with van der Waals surface area (Å²) in [5, 5.41) is 12.8. The quantitative estimate of drug-likeness (QED) is 0.438. The second-order valence-corrected chi connectivity index (χ2v) is 10.4. The maximum Gasteiger partial charge on any atom is 0.255 e. The molecule has 0 saturated heterocycles. The molecule has 0 fully saturated rings. The fourth-order valence-corrected chi connectivity index (χ4v) is 4.90. The highest BCUT2D eigenvalue weighted by Gasteiger charge is 2.24. The number of furan rings is 1. The number of anilines is 1. The van der Waals surface area contributed by atoms with Gasteiger partial charge in [0.15, 0.2) is 0 Å². The molecule has 1 aromatic heterocycles. The van der Waals surface area contributed by atoms with E-state index in [0.717, 1.165) is 0 Å². The largest absolute Gasteiger partial charge is 0.455 e. The van der Waals surface area contributed by atoms with Gasteiger partial charge in [-0.05, 0) is 66.5 Å². The zero-order chi connectivity index (χ0) is 23.0. The van der Waals surface area contributed by atoms with Crippen LogP contribution in [-0.4, -0.2) is 37.8 Å². The van der Waals surface area contributed by atoms with Gasteiger partial charge in [-0.1, -0.05) is 0 Å². The predicted octanol–water partition coefficient (Wildman–Crippen LogP) is 4.26. The Hall–Kier alpha value is -2.43. The van der Waals surface area contributed by atoms with E-state index in [1.807, 2.05) is 0 Å². The molecule has 10 heteroatoms. The summed E-state index contributed by atoms with van der Waals surface area (Å²) in [6.07, 6.45) is 0.0541. The first-order valence-electron chi connectivity index (χ1n) is 9.37. The third kappa shape index (κ3) is 5.44. The average molecular weight is 513 g/mol. The molecule has 3 rings (SSSR count). The number of rotatable bonds is 7. The van der Waals surface area contributed by atoms with Crippen molar-refractivity contribution in [2.75, 3.05) is 17.5 Å². The van der Waals surface area contributed by atoms with Crippen molar-refractivity contribution in [2.45, 2.75) is 25.9 Å². The average Bonchev–Trinajstić information content (AvgIpc) is 3.04. The lowest BCUT2D eigenvalue weighted by Crippen LogP contribution is -2.26. The summed E-state index contributed by atoms with van der Waals surface area (Å²) in [4.78, 5) is 12.6. The number of nitrogens with one attached hydrogen (secondary N) is 2. The molecule has 0 spiro atoms. The van der Waals surface area contributed by atoms with Crippen molar-refractivity contribution in [3.63, 3.8) is 0 Å². The highest BCUT2D eigenvalue weighted by Crippen LogP contribution is 2.38. The van der Waals surface area contributed by atoms with Gasteiger partial charge in [0.25, 0.3) is 5.91 Å². The minimum Gasteiger partial charge on any atom is -0.455 e. The second-order valence-electron chi connectivity index (χ2n) is 7.70. The molecule has 0 aliphatic heterocycles. The smallest absolute Gasteiger partial charge is 0.255 e. The summed E-state index contributed by atoms with van der Waals surface area (Å²) in [7, 11) is -2.26. The van der Waals surface area contributed by atoms with Gasteiger partial charge in [0.2, 0.25) is 10.0 Å². The van der Waals surface area contributed by atoms with Crippen LogP contribution in [0.2, 0.25) is 0 Å². The van der Waals surface area contributed by atoms with Gasteiger partial charge in [0, 0.05) is 28.5 Å². The number of benzene rings is 2. The van der Waals surface area contributed by atoms with E-state index in [9.17, 15) is 22.7 Å². The van der Waals surface area contributed by atoms with E-state index in [0.29, 0.717) is 15.4 Å². The van der Waals surface area contributed by atoms with Gasteiger partial charge >= 0.3 is 0 Å². The Morgan fingerprint density at radius 2 is 1.87 bits per heavy atom. The Labute approximate surface area is 187 Å². The molecule has 7 nitrogen and oxygen atoms in total. The van der Waals surface area contributed by atoms with E-state index in [1.54, 1.807) is 6.07 Å². The van der Waals surface area contributed by atoms with Crippen LogP contribution in [0.1, 0.15) is 30.6 Å². The molecule has 0 aliphatic carbocycles. The lowest BCUT2D eigenvalue weighted by molar-refractivity contribution is 0.0772. The number of hydrogen-bond acceptors (Lipinski definition) is 5. The van der Waals surface area contributed by atoms with Crippen molar-refractivity contribution >= 4 is 48.5 Å². The molecule has 3 aromatic rings. The number of halogens is 2. The molecule has 2 aromatic carbocycles. The first kappa shape index (κ1) is 23.2. The maximum absolute atomic E-state index is 13.3. The highest BCUT2D eigenvalue weighted by molar-refractivity contribution is 9.10. The van der Waals surface area contributed by atoms with Crippen LogP contribution in [-0.2, 0) is 10.0 Å². The Bertz CT molecular complexity index is 1230. The topological polar surface area (TPSA) is 109 Å². The summed E-state index contributed by atoms with van der Waals surface area (Å²) in [5.74, 6) is -0.859. The number of hydrogen-bond donors (Lipinski definition) is 3. The standard InChI is InChI=1S/C21H22BrFN2O5S/c1-21(2,27)8-9-31(28,29)25-16-11-17-14(10-15(16)22)18(20(26)24-3)19(30-17)12-4-6-13(23)7-5-12/h4-7,10-11,25,27H,8-9H2,1-3H3,(H,24,26). The molecule has 0 unspecified atom stereocenters. The second kappa shape index (κ2) is 8.60. The molecule has 1 amide bonds. The van der Waals surface area contributed by atoms with Gasteiger partial charge in [-0.25, -0.2) is 12.8 Å². The van der Waals surface area contributed by atoms with Crippen molar-refractivity contribution in [3.8, 4) is 11.3 Å². The number of amides is 1. The van der Waals surface area contributed by atoms with Crippen LogP contribution in [0, 0.1) is 5.82 Å². The van der Waals surface area contributed by atoms with Gasteiger partial charge in [-0.15, -0.1) is 0 Å². The Morgan fingerprint density at radius 3 is 2.45 bits per heavy atom. The van der Waals surface area contributed by atoms with Crippen LogP contribution in [0.3, 0.4) is 0 Å². The number of carbonyl (C=O) groups is 1. The molecule has 1 heterocycles. The minimum absolute atomic E-state index is 0.0541. The SMILES string of the molecule is CNC(=O)c1c(-c2ccc(F)cc2)oc2cc(NS(=O)(=O)CCC(C)(C)O)c(Br)cc12. The van der Waals surface area contributed by atoms with E-state index in [-0.39, 0.29) is 34.8 Å². The van der Waals surface area contributed by atoms with Crippen LogP contribution < -0.4 is 10.0 Å². The van der Waals surface area contributed by atoms with Gasteiger partial charge < -0.3 is 14.8 Å². The zero-order valence-corrected chi connectivity index (χ0v) is 19.5. The van der Waals surface area contributed by atoms with E-state index in [4.69, 9.17) is 4.42 Å². The molecule has 0 saturated carbocycles. The van der Waals surface area contributed by atoms with Crippen LogP contribution in [0.25, 0.3) is 22.3 Å². The van der Waals surface area contributed by atoms with E-state index >= 15 is 0 Å². The summed E-state index contributed by atoms with van der Waals surface area (Å²) in [6, 6.07) is 8.57. The Kier molecular flexibility index (Phi) is 6.45.